The molecule has 0 aromatic rings. The molecule has 13 nitrogen and oxygen atoms in total. The largest absolute Gasteiger partial charge is 0.463 e. The molecule has 5 N–H and O–H groups in total. The van der Waals surface area contributed by atoms with Crippen molar-refractivity contribution in [3.05, 3.63) is 0 Å². The molecule has 0 aromatic carbocycles. The Morgan fingerprint density at radius 2 is 1.23 bits per heavy atom. The van der Waals surface area contributed by atoms with Crippen molar-refractivity contribution in [3.8, 4) is 0 Å². The molecule has 4 aliphatic heterocycles. The first-order valence-electron chi connectivity index (χ1n) is 16.0. The lowest BCUT2D eigenvalue weighted by Crippen LogP contribution is -2.65. The molecule has 250 valence electrons. The van der Waals surface area contributed by atoms with Gasteiger partial charge in [-0.2, -0.15) is 0 Å². The van der Waals surface area contributed by atoms with Gasteiger partial charge in [-0.15, -0.1) is 0 Å². The highest BCUT2D eigenvalue weighted by molar-refractivity contribution is 5.69. The summed E-state index contributed by atoms with van der Waals surface area (Å²) in [5.41, 5.74) is 0. The Morgan fingerprint density at radius 1 is 0.698 bits per heavy atom. The summed E-state index contributed by atoms with van der Waals surface area (Å²) in [6.07, 6.45) is -0.976. The second-order valence-corrected chi connectivity index (χ2v) is 11.8. The Kier molecular flexibility index (Phi) is 16.1. The van der Waals surface area contributed by atoms with E-state index in [-0.39, 0.29) is 13.0 Å². The minimum atomic E-state index is -1.75. The number of rotatable bonds is 3. The number of fused-ring (bicyclic) bond motifs is 19. The summed E-state index contributed by atoms with van der Waals surface area (Å²) < 4.78 is 33.8. The van der Waals surface area contributed by atoms with E-state index in [0.29, 0.717) is 12.8 Å². The van der Waals surface area contributed by atoms with E-state index in [0.717, 1.165) is 38.5 Å². The minimum absolute atomic E-state index is 0.119. The maximum absolute atomic E-state index is 12.6. The van der Waals surface area contributed by atoms with Gasteiger partial charge in [-0.25, -0.2) is 0 Å². The van der Waals surface area contributed by atoms with Crippen LogP contribution in [0.25, 0.3) is 0 Å². The molecule has 4 aliphatic rings. The molecule has 0 amide bonds. The number of carbonyl (C=O) groups is 2. The van der Waals surface area contributed by atoms with Crippen LogP contribution in [-0.4, -0.2) is 119 Å². The number of hydrogen-bond acceptors (Lipinski definition) is 13. The van der Waals surface area contributed by atoms with Crippen LogP contribution in [0.15, 0.2) is 0 Å². The van der Waals surface area contributed by atoms with Crippen molar-refractivity contribution in [2.24, 2.45) is 0 Å². The molecule has 43 heavy (non-hydrogen) atoms. The predicted molar refractivity (Wildman–Crippen MR) is 150 cm³/mol. The monoisotopic (exact) mass is 620 g/mol. The van der Waals surface area contributed by atoms with Gasteiger partial charge in [0.1, 0.15) is 49.3 Å². The molecule has 4 fully saturated rings. The zero-order valence-electron chi connectivity index (χ0n) is 25.3. The van der Waals surface area contributed by atoms with Gasteiger partial charge in [-0.3, -0.25) is 9.59 Å². The number of aliphatic hydroxyl groups excluding tert-OH is 5. The SMILES string of the molecule is CC(=O)OC[C@H]1O[C@H]2O[C@H]3[C@H](OCCCCCCCCCCCCCCCC(=O)O[C@H]1[C@H](O)[C@H]2O)O[C@H](CO)[C@@H](O)[C@@H]3O. The molecule has 4 saturated heterocycles. The molecule has 0 saturated carbocycles. The van der Waals surface area contributed by atoms with Gasteiger partial charge in [0, 0.05) is 20.0 Å². The number of carbonyl (C=O) groups excluding carboxylic acids is 2. The van der Waals surface area contributed by atoms with Crippen LogP contribution in [0, 0.1) is 0 Å². The zero-order chi connectivity index (χ0) is 31.2. The maximum atomic E-state index is 12.6. The highest BCUT2D eigenvalue weighted by Crippen LogP contribution is 2.31. The Bertz CT molecular complexity index is 813. The van der Waals surface area contributed by atoms with Gasteiger partial charge in [-0.1, -0.05) is 70.6 Å². The Labute approximate surface area is 253 Å². The number of aliphatic hydroxyl groups is 5. The molecular formula is C30H52O13. The molecule has 0 radical (unpaired) electrons. The Balaban J connectivity index is 1.75. The smallest absolute Gasteiger partial charge is 0.306 e. The third-order valence-electron chi connectivity index (χ3n) is 8.28. The Morgan fingerprint density at radius 3 is 1.81 bits per heavy atom. The molecule has 13 heteroatoms. The van der Waals surface area contributed by atoms with Crippen LogP contribution in [0.5, 0.6) is 0 Å². The summed E-state index contributed by atoms with van der Waals surface area (Å²) in [5, 5.41) is 52.9. The fraction of sp³-hybridized carbons (Fsp3) is 0.933. The summed E-state index contributed by atoms with van der Waals surface area (Å²) in [7, 11) is 0. The van der Waals surface area contributed by atoms with E-state index in [2.05, 4.69) is 0 Å². The summed E-state index contributed by atoms with van der Waals surface area (Å²) in [5.74, 6) is -1.22. The second-order valence-electron chi connectivity index (χ2n) is 11.8. The van der Waals surface area contributed by atoms with Crippen LogP contribution >= 0.6 is 0 Å². The average Bonchev–Trinajstić information content (AvgIpc) is 2.98. The first-order valence-corrected chi connectivity index (χ1v) is 16.0. The van der Waals surface area contributed by atoms with Crippen molar-refractivity contribution in [2.45, 2.75) is 158 Å². The third-order valence-corrected chi connectivity index (χ3v) is 8.28. The summed E-state index contributed by atoms with van der Waals surface area (Å²) in [4.78, 5) is 24.2. The molecule has 2 bridgehead atoms. The van der Waals surface area contributed by atoms with Crippen molar-refractivity contribution in [3.63, 3.8) is 0 Å². The van der Waals surface area contributed by atoms with E-state index in [1.807, 2.05) is 0 Å². The van der Waals surface area contributed by atoms with Crippen molar-refractivity contribution in [1.29, 1.82) is 0 Å². The number of ether oxygens (including phenoxy) is 6. The van der Waals surface area contributed by atoms with Crippen LogP contribution in [0.2, 0.25) is 0 Å². The molecule has 10 atom stereocenters. The van der Waals surface area contributed by atoms with E-state index < -0.39 is 86.6 Å². The highest BCUT2D eigenvalue weighted by atomic mass is 16.8. The van der Waals surface area contributed by atoms with Crippen molar-refractivity contribution < 1.29 is 63.5 Å². The van der Waals surface area contributed by atoms with E-state index >= 15 is 0 Å². The van der Waals surface area contributed by atoms with Gasteiger partial charge in [0.25, 0.3) is 0 Å². The van der Waals surface area contributed by atoms with Crippen LogP contribution < -0.4 is 0 Å². The second kappa shape index (κ2) is 19.2. The third kappa shape index (κ3) is 11.5. The van der Waals surface area contributed by atoms with E-state index in [4.69, 9.17) is 28.4 Å². The van der Waals surface area contributed by atoms with E-state index in [1.165, 1.54) is 39.0 Å². The van der Waals surface area contributed by atoms with E-state index in [1.54, 1.807) is 0 Å². The maximum Gasteiger partial charge on any atom is 0.306 e. The van der Waals surface area contributed by atoms with Crippen LogP contribution in [0.1, 0.15) is 96.8 Å². The first-order chi connectivity index (χ1) is 20.7. The quantitative estimate of drug-likeness (QED) is 0.283. The molecule has 0 aliphatic carbocycles. The molecule has 4 rings (SSSR count). The standard InChI is InChI=1S/C30H52O13/c1-19(32)39-18-21-27-25(36)26(37)29(41-21)43-28-24(35)23(34)20(17-31)40-30(28)38-16-14-12-10-8-6-4-2-3-5-7-9-11-13-15-22(33)42-27/h20-21,23-31,34-37H,2-18H2,1H3/t20-,21-,23-,24+,25-,26-,27-,28-,29+,30-/m1/s1. The first kappa shape index (κ1) is 36.1. The van der Waals surface area contributed by atoms with Gasteiger partial charge < -0.3 is 54.0 Å². The average molecular weight is 621 g/mol. The molecule has 0 aromatic heterocycles. The van der Waals surface area contributed by atoms with Crippen molar-refractivity contribution in [1.82, 2.24) is 0 Å². The zero-order valence-corrected chi connectivity index (χ0v) is 25.3. The summed E-state index contributed by atoms with van der Waals surface area (Å²) in [6.45, 7) is 0.457. The lowest BCUT2D eigenvalue weighted by molar-refractivity contribution is -0.367. The minimum Gasteiger partial charge on any atom is -0.463 e. The van der Waals surface area contributed by atoms with Gasteiger partial charge in [0.2, 0.25) is 0 Å². The van der Waals surface area contributed by atoms with Crippen molar-refractivity contribution in [2.75, 3.05) is 19.8 Å². The summed E-state index contributed by atoms with van der Waals surface area (Å²) in [6, 6.07) is 0. The predicted octanol–water partition coefficient (Wildman–Crippen LogP) is 1.22. The van der Waals surface area contributed by atoms with Gasteiger partial charge in [0.15, 0.2) is 18.7 Å². The molecule has 0 spiro atoms. The molecule has 0 unspecified atom stereocenters. The normalized spacial score (nSPS) is 38.6. The van der Waals surface area contributed by atoms with Crippen LogP contribution in [-0.2, 0) is 38.0 Å². The Hall–Kier alpha value is -1.42. The fourth-order valence-corrected chi connectivity index (χ4v) is 5.71. The van der Waals surface area contributed by atoms with E-state index in [9.17, 15) is 35.1 Å². The van der Waals surface area contributed by atoms with Crippen LogP contribution in [0.3, 0.4) is 0 Å². The number of esters is 2. The van der Waals surface area contributed by atoms with Gasteiger partial charge >= 0.3 is 11.9 Å². The number of hydrogen-bond donors (Lipinski definition) is 5. The lowest BCUT2D eigenvalue weighted by Gasteiger charge is -2.46. The molecular weight excluding hydrogens is 568 g/mol. The topological polar surface area (TPSA) is 191 Å². The highest BCUT2D eigenvalue weighted by Gasteiger charge is 2.52. The summed E-state index contributed by atoms with van der Waals surface area (Å²) >= 11 is 0. The lowest BCUT2D eigenvalue weighted by atomic mass is 9.97. The van der Waals surface area contributed by atoms with Gasteiger partial charge in [-0.05, 0) is 12.8 Å². The van der Waals surface area contributed by atoms with Crippen molar-refractivity contribution >= 4 is 11.9 Å². The van der Waals surface area contributed by atoms with Gasteiger partial charge in [0.05, 0.1) is 6.61 Å². The fourth-order valence-electron chi connectivity index (χ4n) is 5.71. The van der Waals surface area contributed by atoms with Crippen LogP contribution in [0.4, 0.5) is 0 Å². The molecule has 4 heterocycles.